The van der Waals surface area contributed by atoms with Crippen molar-refractivity contribution in [2.45, 2.75) is 53.4 Å². The minimum Gasteiger partial charge on any atom is -0.310 e. The summed E-state index contributed by atoms with van der Waals surface area (Å²) in [5.74, 6) is 0.245. The second kappa shape index (κ2) is 9.26. The van der Waals surface area contributed by atoms with Crippen LogP contribution in [-0.2, 0) is 9.59 Å². The zero-order valence-electron chi connectivity index (χ0n) is 16.5. The van der Waals surface area contributed by atoms with Crippen molar-refractivity contribution >= 4 is 23.5 Å². The van der Waals surface area contributed by atoms with Gasteiger partial charge in [-0.1, -0.05) is 26.7 Å². The summed E-state index contributed by atoms with van der Waals surface area (Å²) in [7, 11) is 0. The summed E-state index contributed by atoms with van der Waals surface area (Å²) >= 11 is 0. The first-order valence-corrected chi connectivity index (χ1v) is 9.39. The minimum atomic E-state index is -1.17. The van der Waals surface area contributed by atoms with Crippen LogP contribution in [0.5, 0.6) is 0 Å². The van der Waals surface area contributed by atoms with E-state index >= 15 is 0 Å². The Balaban J connectivity index is 2.29. The van der Waals surface area contributed by atoms with Gasteiger partial charge in [0.15, 0.2) is 0 Å². The van der Waals surface area contributed by atoms with Gasteiger partial charge in [-0.25, -0.2) is 9.97 Å². The highest BCUT2D eigenvalue weighted by Crippen LogP contribution is 2.32. The minimum absolute atomic E-state index is 0.332. The maximum Gasteiger partial charge on any atom is 0.241 e. The molecule has 6 heteroatoms. The molecule has 2 N–H and O–H groups in total. The van der Waals surface area contributed by atoms with Gasteiger partial charge in [0.1, 0.15) is 17.1 Å². The van der Waals surface area contributed by atoms with Crippen LogP contribution in [-0.4, -0.2) is 21.8 Å². The third-order valence-corrected chi connectivity index (χ3v) is 4.74. The molecule has 2 heterocycles. The molecule has 0 aliphatic heterocycles. The molecule has 0 unspecified atom stereocenters. The molecular formula is C21H28N4O2. The van der Waals surface area contributed by atoms with Crippen LogP contribution in [0, 0.1) is 19.3 Å². The zero-order valence-corrected chi connectivity index (χ0v) is 16.5. The first-order chi connectivity index (χ1) is 12.9. The molecule has 0 fully saturated rings. The number of carbonyl (C=O) groups excluding carboxylic acids is 2. The lowest BCUT2D eigenvalue weighted by Gasteiger charge is -2.30. The molecule has 2 rings (SSSR count). The summed E-state index contributed by atoms with van der Waals surface area (Å²) in [6.45, 7) is 7.76. The van der Waals surface area contributed by atoms with Crippen LogP contribution in [0.2, 0.25) is 0 Å². The highest BCUT2D eigenvalue weighted by molar-refractivity contribution is 6.14. The number of aromatic nitrogens is 2. The Morgan fingerprint density at radius 3 is 1.78 bits per heavy atom. The Hall–Kier alpha value is -2.76. The van der Waals surface area contributed by atoms with E-state index in [9.17, 15) is 9.59 Å². The number of carbonyl (C=O) groups is 2. The van der Waals surface area contributed by atoms with Crippen molar-refractivity contribution in [3.63, 3.8) is 0 Å². The molecule has 0 saturated carbocycles. The van der Waals surface area contributed by atoms with Gasteiger partial charge in [-0.05, 0) is 62.1 Å². The SMILES string of the molecule is CCCCC(CC)(C(=O)Nc1cc(C)ccn1)C(=O)Nc1cc(C)ccn1. The van der Waals surface area contributed by atoms with Crippen molar-refractivity contribution in [2.75, 3.05) is 10.6 Å². The number of aryl methyl sites for hydroxylation is 2. The average Bonchev–Trinajstić information content (AvgIpc) is 2.62. The fourth-order valence-corrected chi connectivity index (χ4v) is 2.99. The van der Waals surface area contributed by atoms with Crippen LogP contribution in [0.15, 0.2) is 36.7 Å². The number of amides is 2. The van der Waals surface area contributed by atoms with Crippen LogP contribution in [0.4, 0.5) is 11.6 Å². The van der Waals surface area contributed by atoms with Crippen LogP contribution < -0.4 is 10.6 Å². The zero-order chi connectivity index (χ0) is 19.9. The summed E-state index contributed by atoms with van der Waals surface area (Å²) in [4.78, 5) is 34.7. The van der Waals surface area contributed by atoms with Gasteiger partial charge in [-0.3, -0.25) is 9.59 Å². The van der Waals surface area contributed by atoms with Crippen molar-refractivity contribution in [1.82, 2.24) is 9.97 Å². The number of hydrogen-bond donors (Lipinski definition) is 2. The topological polar surface area (TPSA) is 84.0 Å². The standard InChI is InChI=1S/C21H28N4O2/c1-5-7-10-21(6-2,19(26)24-17-13-15(3)8-11-22-17)20(27)25-18-14-16(4)9-12-23-18/h8-9,11-14H,5-7,10H2,1-4H3,(H,22,24,26)(H,23,25,27). The third-order valence-electron chi connectivity index (χ3n) is 4.74. The lowest BCUT2D eigenvalue weighted by molar-refractivity contribution is -0.138. The summed E-state index contributed by atoms with van der Waals surface area (Å²) in [6.07, 6.45) is 5.81. The summed E-state index contributed by atoms with van der Waals surface area (Å²) in [5, 5.41) is 5.66. The summed E-state index contributed by atoms with van der Waals surface area (Å²) < 4.78 is 0. The molecule has 2 aromatic rings. The first kappa shape index (κ1) is 20.6. The van der Waals surface area contributed by atoms with Crippen molar-refractivity contribution in [3.8, 4) is 0 Å². The molecule has 0 aliphatic carbocycles. The molecule has 0 aromatic carbocycles. The predicted octanol–water partition coefficient (Wildman–Crippen LogP) is 4.26. The van der Waals surface area contributed by atoms with E-state index in [0.29, 0.717) is 24.5 Å². The smallest absolute Gasteiger partial charge is 0.241 e. The normalized spacial score (nSPS) is 11.1. The molecule has 0 spiro atoms. The number of pyridine rings is 2. The molecule has 0 radical (unpaired) electrons. The lowest BCUT2D eigenvalue weighted by atomic mass is 9.78. The number of nitrogens with zero attached hydrogens (tertiary/aromatic N) is 2. The molecule has 0 bridgehead atoms. The molecular weight excluding hydrogens is 340 g/mol. The Kier molecular flexibility index (Phi) is 7.05. The Bertz CT molecular complexity index is 745. The van der Waals surface area contributed by atoms with Crippen molar-refractivity contribution in [2.24, 2.45) is 5.41 Å². The summed E-state index contributed by atoms with van der Waals surface area (Å²) in [6, 6.07) is 7.29. The fraction of sp³-hybridized carbons (Fsp3) is 0.429. The van der Waals surface area contributed by atoms with Crippen molar-refractivity contribution < 1.29 is 9.59 Å². The lowest BCUT2D eigenvalue weighted by Crippen LogP contribution is -2.46. The van der Waals surface area contributed by atoms with Crippen LogP contribution >= 0.6 is 0 Å². The molecule has 2 aromatic heterocycles. The van der Waals surface area contributed by atoms with Crippen molar-refractivity contribution in [1.29, 1.82) is 0 Å². The second-order valence-corrected chi connectivity index (χ2v) is 6.88. The third kappa shape index (κ3) is 5.12. The summed E-state index contributed by atoms with van der Waals surface area (Å²) in [5.41, 5.74) is 0.807. The van der Waals surface area contributed by atoms with E-state index in [1.54, 1.807) is 24.5 Å². The average molecular weight is 368 g/mol. The highest BCUT2D eigenvalue weighted by Gasteiger charge is 2.44. The molecule has 0 saturated heterocycles. The maximum absolute atomic E-state index is 13.1. The molecule has 6 nitrogen and oxygen atoms in total. The van der Waals surface area contributed by atoms with Gasteiger partial charge in [0.2, 0.25) is 11.8 Å². The van der Waals surface area contributed by atoms with E-state index in [1.807, 2.05) is 39.8 Å². The number of hydrogen-bond acceptors (Lipinski definition) is 4. The van der Waals surface area contributed by atoms with Crippen molar-refractivity contribution in [3.05, 3.63) is 47.8 Å². The van der Waals surface area contributed by atoms with Gasteiger partial charge < -0.3 is 10.6 Å². The Morgan fingerprint density at radius 1 is 0.926 bits per heavy atom. The van der Waals surface area contributed by atoms with Crippen LogP contribution in [0.1, 0.15) is 50.7 Å². The predicted molar refractivity (Wildman–Crippen MR) is 107 cm³/mol. The molecule has 0 aliphatic rings. The van der Waals surface area contributed by atoms with E-state index in [4.69, 9.17) is 0 Å². The number of rotatable bonds is 8. The van der Waals surface area contributed by atoms with Gasteiger partial charge in [0.25, 0.3) is 0 Å². The van der Waals surface area contributed by atoms with Gasteiger partial charge in [-0.15, -0.1) is 0 Å². The quantitative estimate of drug-likeness (QED) is 0.682. The number of anilines is 2. The first-order valence-electron chi connectivity index (χ1n) is 9.39. The van der Waals surface area contributed by atoms with E-state index in [2.05, 4.69) is 20.6 Å². The maximum atomic E-state index is 13.1. The Labute approximate surface area is 160 Å². The van der Waals surface area contributed by atoms with Crippen LogP contribution in [0.25, 0.3) is 0 Å². The molecule has 144 valence electrons. The molecule has 2 amide bonds. The van der Waals surface area contributed by atoms with E-state index < -0.39 is 5.41 Å². The van der Waals surface area contributed by atoms with E-state index in [0.717, 1.165) is 24.0 Å². The number of nitrogens with one attached hydrogen (secondary N) is 2. The van der Waals surface area contributed by atoms with Gasteiger partial charge in [-0.2, -0.15) is 0 Å². The van der Waals surface area contributed by atoms with E-state index in [1.165, 1.54) is 0 Å². The van der Waals surface area contributed by atoms with Gasteiger partial charge in [0, 0.05) is 12.4 Å². The fourth-order valence-electron chi connectivity index (χ4n) is 2.99. The highest BCUT2D eigenvalue weighted by atomic mass is 16.2. The monoisotopic (exact) mass is 368 g/mol. The molecule has 27 heavy (non-hydrogen) atoms. The van der Waals surface area contributed by atoms with Crippen LogP contribution in [0.3, 0.4) is 0 Å². The Morgan fingerprint density at radius 2 is 1.41 bits per heavy atom. The van der Waals surface area contributed by atoms with E-state index in [-0.39, 0.29) is 11.8 Å². The molecule has 0 atom stereocenters. The van der Waals surface area contributed by atoms with Gasteiger partial charge in [0.05, 0.1) is 0 Å². The largest absolute Gasteiger partial charge is 0.310 e. The second-order valence-electron chi connectivity index (χ2n) is 6.88. The van der Waals surface area contributed by atoms with Gasteiger partial charge >= 0.3 is 0 Å². The number of unbranched alkanes of at least 4 members (excludes halogenated alkanes) is 1.